The lowest BCUT2D eigenvalue weighted by molar-refractivity contribution is 0.0131. The fourth-order valence-corrected chi connectivity index (χ4v) is 5.13. The number of nitrogens with zero attached hydrogens (tertiary/aromatic N) is 4. The number of nitrogens with one attached hydrogen (secondary N) is 1. The average molecular weight is 546 g/mol. The molecule has 1 aromatic carbocycles. The summed E-state index contributed by atoms with van der Waals surface area (Å²) < 4.78 is 7.14. The molecule has 37 heavy (non-hydrogen) atoms. The van der Waals surface area contributed by atoms with Crippen LogP contribution in [0, 0.1) is 0 Å². The van der Waals surface area contributed by atoms with Crippen molar-refractivity contribution in [3.63, 3.8) is 0 Å². The predicted octanol–water partition coefficient (Wildman–Crippen LogP) is 5.27. The summed E-state index contributed by atoms with van der Waals surface area (Å²) in [5, 5.41) is 4.39. The number of piperazine rings is 1. The van der Waals surface area contributed by atoms with E-state index in [4.69, 9.17) is 27.9 Å². The Morgan fingerprint density at radius 2 is 1.81 bits per heavy atom. The molecule has 1 N–H and O–H groups in total. The first kappa shape index (κ1) is 27.4. The standard InChI is InChI=1S/C27H33Cl2N5O3/c1-7-16-10-9-11-17(8-2)20(16)34-23-18(14-19(28)22(29)32-23)21(31-24(34)35)27(6)15-33(13-12-30-27)25(36)37-26(3,4)5/h9-11,14,30H,7-8,12-13,15H2,1-6H3/t27-/m0/s1. The topological polar surface area (TPSA) is 89.4 Å². The Labute approximate surface area is 226 Å². The van der Waals surface area contributed by atoms with Crippen molar-refractivity contribution in [2.45, 2.75) is 65.5 Å². The molecule has 0 saturated carbocycles. The molecule has 1 atom stereocenters. The summed E-state index contributed by atoms with van der Waals surface area (Å²) in [5.74, 6) is 0. The maximum Gasteiger partial charge on any atom is 0.410 e. The zero-order valence-corrected chi connectivity index (χ0v) is 23.6. The number of pyridine rings is 1. The molecule has 2 aromatic heterocycles. The number of carbonyl (C=O) groups is 1. The first-order valence-electron chi connectivity index (χ1n) is 12.5. The SMILES string of the molecule is CCc1cccc(CC)c1-n1c(=O)nc([C@]2(C)CN(C(=O)OC(C)(C)C)CCN2)c2cc(Cl)c(Cl)nc21. The second kappa shape index (κ2) is 10.2. The third-order valence-electron chi connectivity index (χ3n) is 6.55. The van der Waals surface area contributed by atoms with Crippen molar-refractivity contribution in [2.24, 2.45) is 0 Å². The molecule has 4 rings (SSSR count). The van der Waals surface area contributed by atoms with Crippen LogP contribution in [0.25, 0.3) is 16.7 Å². The van der Waals surface area contributed by atoms with Crippen molar-refractivity contribution in [2.75, 3.05) is 19.6 Å². The summed E-state index contributed by atoms with van der Waals surface area (Å²) in [6.07, 6.45) is 1.04. The molecule has 0 radical (unpaired) electrons. The van der Waals surface area contributed by atoms with Crippen molar-refractivity contribution in [1.82, 2.24) is 24.8 Å². The van der Waals surface area contributed by atoms with E-state index in [9.17, 15) is 9.59 Å². The number of halogens is 2. The van der Waals surface area contributed by atoms with Crippen LogP contribution in [0.1, 0.15) is 58.4 Å². The summed E-state index contributed by atoms with van der Waals surface area (Å²) in [6.45, 7) is 12.7. The van der Waals surface area contributed by atoms with E-state index in [0.717, 1.165) is 29.7 Å². The number of para-hydroxylation sites is 1. The largest absolute Gasteiger partial charge is 0.444 e. The minimum atomic E-state index is -0.859. The van der Waals surface area contributed by atoms with Gasteiger partial charge in [0, 0.05) is 25.0 Å². The van der Waals surface area contributed by atoms with E-state index in [0.29, 0.717) is 29.8 Å². The second-order valence-corrected chi connectivity index (χ2v) is 11.3. The van der Waals surface area contributed by atoms with Crippen LogP contribution in [-0.4, -0.2) is 50.8 Å². The number of ether oxygens (including phenoxy) is 1. The highest BCUT2D eigenvalue weighted by Gasteiger charge is 2.39. The molecule has 198 valence electrons. The molecule has 3 heterocycles. The molecule has 8 nitrogen and oxygen atoms in total. The minimum Gasteiger partial charge on any atom is -0.444 e. The van der Waals surface area contributed by atoms with E-state index in [2.05, 4.69) is 15.3 Å². The molecule has 0 bridgehead atoms. The quantitative estimate of drug-likeness (QED) is 0.449. The number of amides is 1. The number of benzene rings is 1. The smallest absolute Gasteiger partial charge is 0.410 e. The molecular weight excluding hydrogens is 513 g/mol. The number of rotatable bonds is 4. The molecule has 0 aliphatic carbocycles. The summed E-state index contributed by atoms with van der Waals surface area (Å²) >= 11 is 12.8. The number of carbonyl (C=O) groups excluding carboxylic acids is 1. The van der Waals surface area contributed by atoms with Crippen LogP contribution in [-0.2, 0) is 23.1 Å². The lowest BCUT2D eigenvalue weighted by atomic mass is 9.92. The third-order valence-corrected chi connectivity index (χ3v) is 7.22. The Balaban J connectivity index is 1.95. The van der Waals surface area contributed by atoms with E-state index in [1.54, 1.807) is 11.0 Å². The summed E-state index contributed by atoms with van der Waals surface area (Å²) in [6, 6.07) is 7.69. The van der Waals surface area contributed by atoms with Gasteiger partial charge < -0.3 is 15.0 Å². The van der Waals surface area contributed by atoms with Crippen LogP contribution in [0.15, 0.2) is 29.1 Å². The van der Waals surface area contributed by atoms with E-state index < -0.39 is 22.9 Å². The van der Waals surface area contributed by atoms with Crippen LogP contribution < -0.4 is 11.0 Å². The maximum absolute atomic E-state index is 13.8. The lowest BCUT2D eigenvalue weighted by Gasteiger charge is -2.41. The predicted molar refractivity (Wildman–Crippen MR) is 147 cm³/mol. The number of hydrogen-bond donors (Lipinski definition) is 1. The molecule has 1 fully saturated rings. The third kappa shape index (κ3) is 5.33. The highest BCUT2D eigenvalue weighted by molar-refractivity contribution is 6.41. The van der Waals surface area contributed by atoms with Crippen LogP contribution in [0.5, 0.6) is 0 Å². The monoisotopic (exact) mass is 545 g/mol. The molecule has 0 spiro atoms. The van der Waals surface area contributed by atoms with Crippen molar-refractivity contribution in [1.29, 1.82) is 0 Å². The van der Waals surface area contributed by atoms with E-state index in [1.165, 1.54) is 4.57 Å². The number of aryl methyl sites for hydroxylation is 2. The lowest BCUT2D eigenvalue weighted by Crippen LogP contribution is -2.59. The highest BCUT2D eigenvalue weighted by atomic mass is 35.5. The van der Waals surface area contributed by atoms with Gasteiger partial charge in [0.2, 0.25) is 0 Å². The molecule has 1 aliphatic heterocycles. The molecule has 3 aromatic rings. The number of hydrogen-bond acceptors (Lipinski definition) is 6. The van der Waals surface area contributed by atoms with Gasteiger partial charge in [-0.3, -0.25) is 0 Å². The van der Waals surface area contributed by atoms with Crippen LogP contribution in [0.3, 0.4) is 0 Å². The zero-order valence-electron chi connectivity index (χ0n) is 22.1. The van der Waals surface area contributed by atoms with Crippen LogP contribution >= 0.6 is 23.2 Å². The van der Waals surface area contributed by atoms with Crippen LogP contribution in [0.2, 0.25) is 10.2 Å². The fourth-order valence-electron chi connectivity index (χ4n) is 4.85. The van der Waals surface area contributed by atoms with Crippen molar-refractivity contribution >= 4 is 40.3 Å². The molecule has 1 aliphatic rings. The van der Waals surface area contributed by atoms with Gasteiger partial charge in [-0.25, -0.2) is 19.1 Å². The number of aromatic nitrogens is 3. The Morgan fingerprint density at radius 1 is 1.16 bits per heavy atom. The molecular formula is C27H33Cl2N5O3. The van der Waals surface area contributed by atoms with Gasteiger partial charge >= 0.3 is 11.8 Å². The summed E-state index contributed by atoms with van der Waals surface area (Å²) in [7, 11) is 0. The van der Waals surface area contributed by atoms with E-state index >= 15 is 0 Å². The number of fused-ring (bicyclic) bond motifs is 1. The normalized spacial score (nSPS) is 18.3. The average Bonchev–Trinajstić information content (AvgIpc) is 2.83. The van der Waals surface area contributed by atoms with Crippen LogP contribution in [0.4, 0.5) is 4.79 Å². The molecule has 0 unspecified atom stereocenters. The molecule has 1 amide bonds. The second-order valence-electron chi connectivity index (χ2n) is 10.5. The Bertz CT molecular complexity index is 1390. The van der Waals surface area contributed by atoms with Gasteiger partial charge in [-0.15, -0.1) is 0 Å². The van der Waals surface area contributed by atoms with Gasteiger partial charge in [-0.1, -0.05) is 55.2 Å². The van der Waals surface area contributed by atoms with Gasteiger partial charge in [0.05, 0.1) is 21.9 Å². The Kier molecular flexibility index (Phi) is 7.57. The zero-order chi connectivity index (χ0) is 27.1. The maximum atomic E-state index is 13.8. The van der Waals surface area contributed by atoms with Crippen molar-refractivity contribution < 1.29 is 9.53 Å². The van der Waals surface area contributed by atoms with Gasteiger partial charge in [-0.05, 0) is 57.7 Å². The fraction of sp³-hybridized carbons (Fsp3) is 0.481. The minimum absolute atomic E-state index is 0.101. The highest BCUT2D eigenvalue weighted by Crippen LogP contribution is 2.34. The van der Waals surface area contributed by atoms with Gasteiger partial charge in [0.25, 0.3) is 0 Å². The van der Waals surface area contributed by atoms with Gasteiger partial charge in [0.15, 0.2) is 5.65 Å². The molecule has 1 saturated heterocycles. The van der Waals surface area contributed by atoms with Crippen molar-refractivity contribution in [3.8, 4) is 5.69 Å². The van der Waals surface area contributed by atoms with E-state index in [1.807, 2.05) is 59.7 Å². The van der Waals surface area contributed by atoms with Crippen molar-refractivity contribution in [3.05, 3.63) is 61.7 Å². The first-order chi connectivity index (χ1) is 17.4. The molecule has 10 heteroatoms. The van der Waals surface area contributed by atoms with Gasteiger partial charge in [-0.2, -0.15) is 4.98 Å². The van der Waals surface area contributed by atoms with E-state index in [-0.39, 0.29) is 16.7 Å². The summed E-state index contributed by atoms with van der Waals surface area (Å²) in [4.78, 5) is 37.5. The Morgan fingerprint density at radius 3 is 2.41 bits per heavy atom. The first-order valence-corrected chi connectivity index (χ1v) is 13.3. The summed E-state index contributed by atoms with van der Waals surface area (Å²) in [5.41, 5.74) is 1.65. The Hall–Kier alpha value is -2.68. The van der Waals surface area contributed by atoms with Gasteiger partial charge in [0.1, 0.15) is 10.8 Å².